The Morgan fingerprint density at radius 2 is 1.28 bits per heavy atom. The smallest absolute Gasteiger partial charge is 0.0322 e. The van der Waals surface area contributed by atoms with Crippen molar-refractivity contribution < 1.29 is 0 Å². The minimum absolute atomic E-state index is 1.00. The van der Waals surface area contributed by atoms with Gasteiger partial charge in [0.15, 0.2) is 0 Å². The molecule has 104 valence electrons. The van der Waals surface area contributed by atoms with E-state index < -0.39 is 0 Å². The van der Waals surface area contributed by atoms with Crippen LogP contribution in [0.3, 0.4) is 0 Å². The van der Waals surface area contributed by atoms with E-state index in [-0.39, 0.29) is 0 Å². The Hall–Kier alpha value is -0.260. The van der Waals surface area contributed by atoms with Crippen LogP contribution in [0.15, 0.2) is 12.2 Å². The average Bonchev–Trinajstić information content (AvgIpc) is 2.46. The third-order valence-corrected chi connectivity index (χ3v) is 5.73. The summed E-state index contributed by atoms with van der Waals surface area (Å²) < 4.78 is 0. The van der Waals surface area contributed by atoms with E-state index in [0.717, 1.165) is 23.7 Å². The predicted octanol–water partition coefficient (Wildman–Crippen LogP) is 5.98. The van der Waals surface area contributed by atoms with E-state index in [4.69, 9.17) is 0 Å². The van der Waals surface area contributed by atoms with Crippen molar-refractivity contribution in [3.05, 3.63) is 12.2 Å². The SMILES string of the molecule is C/C=C/CC1CCC(C2CCC(CC)CC2)CC1. The summed E-state index contributed by atoms with van der Waals surface area (Å²) in [6.45, 7) is 4.52. The number of hydrogen-bond donors (Lipinski definition) is 0. The van der Waals surface area contributed by atoms with Gasteiger partial charge in [-0.3, -0.25) is 0 Å². The second-order valence-corrected chi connectivity index (χ2v) is 6.77. The van der Waals surface area contributed by atoms with E-state index in [9.17, 15) is 0 Å². The first-order valence-electron chi connectivity index (χ1n) is 8.44. The highest BCUT2D eigenvalue weighted by molar-refractivity contribution is 4.86. The van der Waals surface area contributed by atoms with Gasteiger partial charge >= 0.3 is 0 Å². The van der Waals surface area contributed by atoms with E-state index in [1.165, 1.54) is 51.4 Å². The molecule has 0 bridgehead atoms. The van der Waals surface area contributed by atoms with Crippen molar-refractivity contribution in [3.63, 3.8) is 0 Å². The summed E-state index contributed by atoms with van der Waals surface area (Å²) in [6, 6.07) is 0. The Bertz CT molecular complexity index is 237. The first-order valence-corrected chi connectivity index (χ1v) is 8.44. The van der Waals surface area contributed by atoms with Gasteiger partial charge in [0.25, 0.3) is 0 Å². The summed E-state index contributed by atoms with van der Waals surface area (Å²) in [4.78, 5) is 0. The van der Waals surface area contributed by atoms with Crippen LogP contribution in [0.4, 0.5) is 0 Å². The largest absolute Gasteiger partial charge is 0.0917 e. The number of allylic oxidation sites excluding steroid dienone is 2. The summed E-state index contributed by atoms with van der Waals surface area (Å²) in [6.07, 6.45) is 19.6. The second kappa shape index (κ2) is 7.36. The molecule has 0 N–H and O–H groups in total. The van der Waals surface area contributed by atoms with Crippen molar-refractivity contribution in [2.45, 2.75) is 78.1 Å². The summed E-state index contributed by atoms with van der Waals surface area (Å²) in [5, 5.41) is 0. The Balaban J connectivity index is 1.70. The minimum atomic E-state index is 1.00. The van der Waals surface area contributed by atoms with Gasteiger partial charge < -0.3 is 0 Å². The van der Waals surface area contributed by atoms with Crippen LogP contribution in [0.5, 0.6) is 0 Å². The molecule has 2 saturated carbocycles. The molecule has 0 aromatic heterocycles. The van der Waals surface area contributed by atoms with Crippen molar-refractivity contribution in [3.8, 4) is 0 Å². The fraction of sp³-hybridized carbons (Fsp3) is 0.889. The zero-order valence-electron chi connectivity index (χ0n) is 12.5. The Kier molecular flexibility index (Phi) is 5.79. The third kappa shape index (κ3) is 3.87. The fourth-order valence-corrected chi connectivity index (χ4v) is 4.29. The highest BCUT2D eigenvalue weighted by atomic mass is 14.4. The summed E-state index contributed by atoms with van der Waals surface area (Å²) in [7, 11) is 0. The number of hydrogen-bond acceptors (Lipinski definition) is 0. The van der Waals surface area contributed by atoms with Crippen LogP contribution in [0.25, 0.3) is 0 Å². The van der Waals surface area contributed by atoms with E-state index in [1.807, 2.05) is 0 Å². The molecule has 0 saturated heterocycles. The molecule has 18 heavy (non-hydrogen) atoms. The molecule has 0 heteroatoms. The summed E-state index contributed by atoms with van der Waals surface area (Å²) >= 11 is 0. The van der Waals surface area contributed by atoms with E-state index >= 15 is 0 Å². The van der Waals surface area contributed by atoms with Crippen molar-refractivity contribution in [1.82, 2.24) is 0 Å². The van der Waals surface area contributed by atoms with E-state index in [1.54, 1.807) is 12.8 Å². The Morgan fingerprint density at radius 1 is 0.778 bits per heavy atom. The lowest BCUT2D eigenvalue weighted by Crippen LogP contribution is -2.25. The van der Waals surface area contributed by atoms with Crippen molar-refractivity contribution >= 4 is 0 Å². The van der Waals surface area contributed by atoms with Gasteiger partial charge in [-0.25, -0.2) is 0 Å². The molecule has 0 amide bonds. The molecule has 0 heterocycles. The Morgan fingerprint density at radius 3 is 1.72 bits per heavy atom. The summed E-state index contributed by atoms with van der Waals surface area (Å²) in [5.74, 6) is 4.25. The number of rotatable bonds is 4. The maximum absolute atomic E-state index is 2.37. The standard InChI is InChI=1S/C18H32/c1-3-5-6-16-9-13-18(14-10-16)17-11-7-15(4-2)8-12-17/h3,5,15-18H,4,6-14H2,1-2H3/b5-3+. The molecule has 2 fully saturated rings. The van der Waals surface area contributed by atoms with Crippen LogP contribution in [-0.4, -0.2) is 0 Å². The van der Waals surface area contributed by atoms with Crippen LogP contribution < -0.4 is 0 Å². The van der Waals surface area contributed by atoms with Crippen LogP contribution in [0, 0.1) is 23.7 Å². The average molecular weight is 248 g/mol. The zero-order chi connectivity index (χ0) is 12.8. The Labute approximate surface area is 114 Å². The van der Waals surface area contributed by atoms with Crippen LogP contribution in [-0.2, 0) is 0 Å². The van der Waals surface area contributed by atoms with Crippen molar-refractivity contribution in [2.24, 2.45) is 23.7 Å². The normalized spacial score (nSPS) is 38.1. The molecular weight excluding hydrogens is 216 g/mol. The van der Waals surface area contributed by atoms with Gasteiger partial charge in [0.05, 0.1) is 0 Å². The molecule has 0 radical (unpaired) electrons. The van der Waals surface area contributed by atoms with Crippen LogP contribution in [0.2, 0.25) is 0 Å². The van der Waals surface area contributed by atoms with Gasteiger partial charge in [-0.15, -0.1) is 0 Å². The molecule has 2 rings (SSSR count). The van der Waals surface area contributed by atoms with Gasteiger partial charge in [-0.2, -0.15) is 0 Å². The third-order valence-electron chi connectivity index (χ3n) is 5.73. The molecule has 2 aliphatic carbocycles. The van der Waals surface area contributed by atoms with Crippen LogP contribution >= 0.6 is 0 Å². The molecule has 0 unspecified atom stereocenters. The van der Waals surface area contributed by atoms with Crippen molar-refractivity contribution in [2.75, 3.05) is 0 Å². The molecule has 0 aromatic rings. The lowest BCUT2D eigenvalue weighted by atomic mass is 9.68. The first kappa shape index (κ1) is 14.2. The molecular formula is C18H32. The van der Waals surface area contributed by atoms with Gasteiger partial charge in [-0.1, -0.05) is 38.3 Å². The van der Waals surface area contributed by atoms with Gasteiger partial charge in [0.1, 0.15) is 0 Å². The first-order chi connectivity index (χ1) is 8.83. The minimum Gasteiger partial charge on any atom is -0.0917 e. The molecule has 0 aromatic carbocycles. The van der Waals surface area contributed by atoms with E-state index in [2.05, 4.69) is 26.0 Å². The summed E-state index contributed by atoms with van der Waals surface area (Å²) in [5.41, 5.74) is 0. The quantitative estimate of drug-likeness (QED) is 0.537. The highest BCUT2D eigenvalue weighted by Crippen LogP contribution is 2.42. The molecule has 0 nitrogen and oxygen atoms in total. The monoisotopic (exact) mass is 248 g/mol. The van der Waals surface area contributed by atoms with Gasteiger partial charge in [-0.05, 0) is 75.5 Å². The van der Waals surface area contributed by atoms with Crippen molar-refractivity contribution in [1.29, 1.82) is 0 Å². The van der Waals surface area contributed by atoms with Gasteiger partial charge in [0, 0.05) is 0 Å². The topological polar surface area (TPSA) is 0 Å². The molecule has 0 spiro atoms. The lowest BCUT2D eigenvalue weighted by molar-refractivity contribution is 0.145. The molecule has 2 aliphatic rings. The maximum Gasteiger partial charge on any atom is -0.0322 e. The zero-order valence-corrected chi connectivity index (χ0v) is 12.5. The van der Waals surface area contributed by atoms with Gasteiger partial charge in [0.2, 0.25) is 0 Å². The highest BCUT2D eigenvalue weighted by Gasteiger charge is 2.29. The van der Waals surface area contributed by atoms with Crippen LogP contribution in [0.1, 0.15) is 78.1 Å². The maximum atomic E-state index is 2.37. The lowest BCUT2D eigenvalue weighted by Gasteiger charge is -2.37. The molecule has 0 atom stereocenters. The second-order valence-electron chi connectivity index (χ2n) is 6.77. The van der Waals surface area contributed by atoms with E-state index in [0.29, 0.717) is 0 Å². The molecule has 0 aliphatic heterocycles. The fourth-order valence-electron chi connectivity index (χ4n) is 4.29. The predicted molar refractivity (Wildman–Crippen MR) is 80.6 cm³/mol.